The summed E-state index contributed by atoms with van der Waals surface area (Å²) < 4.78 is 62.4. The quantitative estimate of drug-likeness (QED) is 0.817. The zero-order valence-electron chi connectivity index (χ0n) is 11.1. The molecule has 0 aliphatic rings. The van der Waals surface area contributed by atoms with Crippen LogP contribution in [0.5, 0.6) is 0 Å². The molecule has 0 aliphatic heterocycles. The largest absolute Gasteiger partial charge is 0.463 e. The SMILES string of the molecule is CC(C)C(NC(=O)C(F)(F)C(F)(F)F)c1ccc(Cl)cc1. The Morgan fingerprint density at radius 1 is 1.10 bits per heavy atom. The van der Waals surface area contributed by atoms with Crippen molar-refractivity contribution >= 4 is 17.5 Å². The van der Waals surface area contributed by atoms with Gasteiger partial charge in [0.05, 0.1) is 6.04 Å². The molecule has 1 unspecified atom stereocenters. The molecule has 0 bridgehead atoms. The van der Waals surface area contributed by atoms with Crippen LogP contribution in [0, 0.1) is 5.92 Å². The Hall–Kier alpha value is -1.37. The summed E-state index contributed by atoms with van der Waals surface area (Å²) in [6, 6.07) is 4.85. The van der Waals surface area contributed by atoms with Gasteiger partial charge in [-0.2, -0.15) is 22.0 Å². The van der Waals surface area contributed by atoms with Crippen molar-refractivity contribution in [3.8, 4) is 0 Å². The predicted molar refractivity (Wildman–Crippen MR) is 68.2 cm³/mol. The fraction of sp³-hybridized carbons (Fsp3) is 0.462. The Morgan fingerprint density at radius 2 is 1.57 bits per heavy atom. The Balaban J connectivity index is 3.00. The van der Waals surface area contributed by atoms with E-state index in [0.717, 1.165) is 0 Å². The standard InChI is InChI=1S/C13H13ClF5NO/c1-7(2)10(8-3-5-9(14)6-4-8)20-11(21)12(15,16)13(17,18)19/h3-7,10H,1-2H3,(H,20,21). The molecule has 1 N–H and O–H groups in total. The van der Waals surface area contributed by atoms with Gasteiger partial charge in [-0.05, 0) is 23.6 Å². The molecule has 0 aromatic heterocycles. The Bertz CT molecular complexity index is 498. The van der Waals surface area contributed by atoms with Crippen molar-refractivity contribution in [3.05, 3.63) is 34.9 Å². The molecule has 2 nitrogen and oxygen atoms in total. The fourth-order valence-corrected chi connectivity index (χ4v) is 1.79. The fourth-order valence-electron chi connectivity index (χ4n) is 1.67. The lowest BCUT2D eigenvalue weighted by Gasteiger charge is -2.26. The second-order valence-electron chi connectivity index (χ2n) is 4.82. The first-order valence-corrected chi connectivity index (χ1v) is 6.35. The third-order valence-electron chi connectivity index (χ3n) is 2.82. The zero-order valence-corrected chi connectivity index (χ0v) is 11.9. The maximum absolute atomic E-state index is 13.0. The summed E-state index contributed by atoms with van der Waals surface area (Å²) in [7, 11) is 0. The summed E-state index contributed by atoms with van der Waals surface area (Å²) in [5.41, 5.74) is 0.390. The molecule has 0 radical (unpaired) electrons. The van der Waals surface area contributed by atoms with Crippen LogP contribution in [-0.2, 0) is 4.79 Å². The molecule has 1 rings (SSSR count). The van der Waals surface area contributed by atoms with E-state index in [1.54, 1.807) is 19.2 Å². The van der Waals surface area contributed by atoms with Crippen LogP contribution in [0.15, 0.2) is 24.3 Å². The van der Waals surface area contributed by atoms with E-state index in [9.17, 15) is 26.7 Å². The highest BCUT2D eigenvalue weighted by molar-refractivity contribution is 6.30. The van der Waals surface area contributed by atoms with Gasteiger partial charge >= 0.3 is 18.0 Å². The maximum atomic E-state index is 13.0. The summed E-state index contributed by atoms with van der Waals surface area (Å²) in [6.07, 6.45) is -5.93. The molecule has 0 spiro atoms. The number of halogens is 6. The van der Waals surface area contributed by atoms with Crippen LogP contribution >= 0.6 is 11.6 Å². The molecule has 0 saturated carbocycles. The molecule has 0 aliphatic carbocycles. The smallest absolute Gasteiger partial charge is 0.343 e. The second kappa shape index (κ2) is 6.17. The van der Waals surface area contributed by atoms with Gasteiger partial charge < -0.3 is 5.32 Å². The number of alkyl halides is 5. The van der Waals surface area contributed by atoms with E-state index < -0.39 is 24.0 Å². The molecule has 1 aromatic carbocycles. The molecule has 1 amide bonds. The number of rotatable bonds is 4. The third kappa shape index (κ3) is 4.06. The summed E-state index contributed by atoms with van der Waals surface area (Å²) in [4.78, 5) is 11.3. The predicted octanol–water partition coefficient (Wildman–Crippen LogP) is 4.35. The lowest BCUT2D eigenvalue weighted by molar-refractivity contribution is -0.270. The topological polar surface area (TPSA) is 29.1 Å². The van der Waals surface area contributed by atoms with Crippen LogP contribution in [0.1, 0.15) is 25.5 Å². The molecule has 0 saturated heterocycles. The van der Waals surface area contributed by atoms with Crippen LogP contribution in [0.4, 0.5) is 22.0 Å². The van der Waals surface area contributed by atoms with Crippen LogP contribution in [-0.4, -0.2) is 18.0 Å². The van der Waals surface area contributed by atoms with Crippen molar-refractivity contribution in [2.75, 3.05) is 0 Å². The number of hydrogen-bond acceptors (Lipinski definition) is 1. The number of carbonyl (C=O) groups excluding carboxylic acids is 1. The monoisotopic (exact) mass is 329 g/mol. The van der Waals surface area contributed by atoms with Gasteiger partial charge in [0, 0.05) is 5.02 Å². The number of nitrogens with one attached hydrogen (secondary N) is 1. The average Bonchev–Trinajstić information content (AvgIpc) is 2.35. The van der Waals surface area contributed by atoms with Crippen molar-refractivity contribution < 1.29 is 26.7 Å². The molecule has 1 atom stereocenters. The van der Waals surface area contributed by atoms with Gasteiger partial charge in [0.15, 0.2) is 0 Å². The molecule has 0 fully saturated rings. The van der Waals surface area contributed by atoms with E-state index in [1.165, 1.54) is 24.3 Å². The molecular weight excluding hydrogens is 317 g/mol. The van der Waals surface area contributed by atoms with Crippen LogP contribution in [0.2, 0.25) is 5.02 Å². The number of carbonyl (C=O) groups is 1. The van der Waals surface area contributed by atoms with Crippen molar-refractivity contribution in [2.24, 2.45) is 5.92 Å². The Kier molecular flexibility index (Phi) is 5.20. The van der Waals surface area contributed by atoms with Crippen LogP contribution in [0.3, 0.4) is 0 Å². The van der Waals surface area contributed by atoms with Gasteiger partial charge in [-0.3, -0.25) is 4.79 Å². The highest BCUT2D eigenvalue weighted by Crippen LogP contribution is 2.36. The molecule has 8 heteroatoms. The Morgan fingerprint density at radius 3 is 1.95 bits per heavy atom. The number of amides is 1. The van der Waals surface area contributed by atoms with Gasteiger partial charge in [-0.15, -0.1) is 0 Å². The van der Waals surface area contributed by atoms with Crippen molar-refractivity contribution in [3.63, 3.8) is 0 Å². The van der Waals surface area contributed by atoms with E-state index in [0.29, 0.717) is 10.6 Å². The van der Waals surface area contributed by atoms with Crippen molar-refractivity contribution in [1.82, 2.24) is 5.32 Å². The zero-order chi connectivity index (χ0) is 16.4. The first kappa shape index (κ1) is 17.7. The van der Waals surface area contributed by atoms with Gasteiger partial charge in [0.2, 0.25) is 0 Å². The first-order chi connectivity index (χ1) is 9.46. The lowest BCUT2D eigenvalue weighted by atomic mass is 9.95. The normalized spacial score (nSPS) is 14.1. The molecule has 1 aromatic rings. The molecule has 21 heavy (non-hydrogen) atoms. The van der Waals surface area contributed by atoms with Gasteiger partial charge in [-0.25, -0.2) is 0 Å². The van der Waals surface area contributed by atoms with Crippen molar-refractivity contribution in [2.45, 2.75) is 32.0 Å². The van der Waals surface area contributed by atoms with E-state index in [-0.39, 0.29) is 5.92 Å². The van der Waals surface area contributed by atoms with Gasteiger partial charge in [0.25, 0.3) is 0 Å². The first-order valence-electron chi connectivity index (χ1n) is 5.97. The van der Waals surface area contributed by atoms with Crippen LogP contribution < -0.4 is 5.32 Å². The third-order valence-corrected chi connectivity index (χ3v) is 3.08. The second-order valence-corrected chi connectivity index (χ2v) is 5.26. The maximum Gasteiger partial charge on any atom is 0.463 e. The van der Waals surface area contributed by atoms with E-state index in [2.05, 4.69) is 0 Å². The summed E-state index contributed by atoms with van der Waals surface area (Å²) in [5, 5.41) is 2.13. The summed E-state index contributed by atoms with van der Waals surface area (Å²) in [6.45, 7) is 3.18. The number of hydrogen-bond donors (Lipinski definition) is 1. The minimum atomic E-state index is -5.93. The molecular formula is C13H13ClF5NO. The highest BCUT2D eigenvalue weighted by atomic mass is 35.5. The van der Waals surface area contributed by atoms with Gasteiger partial charge in [-0.1, -0.05) is 37.6 Å². The van der Waals surface area contributed by atoms with E-state index in [4.69, 9.17) is 11.6 Å². The summed E-state index contributed by atoms with van der Waals surface area (Å²) in [5.74, 6) is -8.20. The van der Waals surface area contributed by atoms with E-state index in [1.807, 2.05) is 0 Å². The Labute approximate surface area is 123 Å². The molecule has 118 valence electrons. The lowest BCUT2D eigenvalue weighted by Crippen LogP contribution is -2.51. The minimum absolute atomic E-state index is 0.383. The van der Waals surface area contributed by atoms with Crippen molar-refractivity contribution in [1.29, 1.82) is 0 Å². The van der Waals surface area contributed by atoms with Crippen LogP contribution in [0.25, 0.3) is 0 Å². The summed E-state index contributed by atoms with van der Waals surface area (Å²) >= 11 is 5.68. The number of benzene rings is 1. The highest BCUT2D eigenvalue weighted by Gasteiger charge is 2.63. The minimum Gasteiger partial charge on any atom is -0.343 e. The van der Waals surface area contributed by atoms with Gasteiger partial charge in [0.1, 0.15) is 0 Å². The van der Waals surface area contributed by atoms with E-state index >= 15 is 0 Å². The molecule has 0 heterocycles. The average molecular weight is 330 g/mol.